The number of hydrogen-bond acceptors (Lipinski definition) is 3. The Kier molecular flexibility index (Phi) is 6.07. The minimum Gasteiger partial charge on any atom is -0.487 e. The summed E-state index contributed by atoms with van der Waals surface area (Å²) >= 11 is 0. The van der Waals surface area contributed by atoms with Crippen LogP contribution in [0.3, 0.4) is 0 Å². The molecule has 0 amide bonds. The lowest BCUT2D eigenvalue weighted by Gasteiger charge is -2.24. The highest BCUT2D eigenvalue weighted by Gasteiger charge is 2.24. The zero-order valence-corrected chi connectivity index (χ0v) is 13.6. The van der Waals surface area contributed by atoms with Crippen molar-refractivity contribution in [3.05, 3.63) is 28.8 Å². The summed E-state index contributed by atoms with van der Waals surface area (Å²) in [5.74, 6) is 0.959. The second-order valence-corrected chi connectivity index (χ2v) is 6.20. The first-order chi connectivity index (χ1) is 10.1. The quantitative estimate of drug-likeness (QED) is 0.816. The van der Waals surface area contributed by atoms with Gasteiger partial charge in [-0.05, 0) is 56.3 Å². The zero-order valence-electron chi connectivity index (χ0n) is 13.6. The van der Waals surface area contributed by atoms with E-state index in [1.807, 2.05) is 0 Å². The molecule has 1 aliphatic carbocycles. The SMILES string of the molecule is CCNCc1cc(C)c(OC2CCCCCC2O)c(C)c1. The average molecular weight is 291 g/mol. The Hall–Kier alpha value is -1.06. The van der Waals surface area contributed by atoms with Gasteiger partial charge in [-0.15, -0.1) is 0 Å². The van der Waals surface area contributed by atoms with Crippen LogP contribution in [0.25, 0.3) is 0 Å². The van der Waals surface area contributed by atoms with Crippen LogP contribution in [0.5, 0.6) is 5.75 Å². The van der Waals surface area contributed by atoms with Crippen molar-refractivity contribution in [1.82, 2.24) is 5.32 Å². The maximum atomic E-state index is 10.2. The van der Waals surface area contributed by atoms with Crippen LogP contribution < -0.4 is 10.1 Å². The predicted octanol–water partition coefficient (Wildman–Crippen LogP) is 3.49. The summed E-state index contributed by atoms with van der Waals surface area (Å²) in [6.07, 6.45) is 4.91. The molecule has 21 heavy (non-hydrogen) atoms. The van der Waals surface area contributed by atoms with Gasteiger partial charge >= 0.3 is 0 Å². The summed E-state index contributed by atoms with van der Waals surface area (Å²) in [4.78, 5) is 0. The number of nitrogens with one attached hydrogen (secondary N) is 1. The van der Waals surface area contributed by atoms with Gasteiger partial charge in [-0.2, -0.15) is 0 Å². The number of aliphatic hydroxyl groups excluding tert-OH is 1. The Morgan fingerprint density at radius 1 is 1.14 bits per heavy atom. The maximum Gasteiger partial charge on any atom is 0.125 e. The van der Waals surface area contributed by atoms with Crippen LogP contribution in [0.4, 0.5) is 0 Å². The van der Waals surface area contributed by atoms with Crippen molar-refractivity contribution in [1.29, 1.82) is 0 Å². The van der Waals surface area contributed by atoms with E-state index >= 15 is 0 Å². The minimum absolute atomic E-state index is 0.0514. The number of ether oxygens (including phenoxy) is 1. The molecular formula is C18H29NO2. The number of hydrogen-bond donors (Lipinski definition) is 2. The average Bonchev–Trinajstić information content (AvgIpc) is 2.65. The molecule has 1 saturated carbocycles. The van der Waals surface area contributed by atoms with E-state index in [1.54, 1.807) is 0 Å². The van der Waals surface area contributed by atoms with Gasteiger partial charge in [-0.1, -0.05) is 31.9 Å². The van der Waals surface area contributed by atoms with Gasteiger partial charge in [0.15, 0.2) is 0 Å². The molecule has 3 heteroatoms. The molecule has 2 unspecified atom stereocenters. The third kappa shape index (κ3) is 4.45. The summed E-state index contributed by atoms with van der Waals surface area (Å²) in [7, 11) is 0. The first-order valence-electron chi connectivity index (χ1n) is 8.27. The molecule has 2 N–H and O–H groups in total. The van der Waals surface area contributed by atoms with Gasteiger partial charge in [0, 0.05) is 6.54 Å². The molecule has 0 heterocycles. The van der Waals surface area contributed by atoms with Crippen molar-refractivity contribution < 1.29 is 9.84 Å². The molecule has 2 atom stereocenters. The van der Waals surface area contributed by atoms with Gasteiger partial charge in [0.25, 0.3) is 0 Å². The molecule has 0 aliphatic heterocycles. The van der Waals surface area contributed by atoms with Crippen molar-refractivity contribution in [3.63, 3.8) is 0 Å². The lowest BCUT2D eigenvalue weighted by atomic mass is 10.0. The third-order valence-electron chi connectivity index (χ3n) is 4.29. The van der Waals surface area contributed by atoms with Gasteiger partial charge in [0.1, 0.15) is 11.9 Å². The smallest absolute Gasteiger partial charge is 0.125 e. The number of aliphatic hydroxyl groups is 1. The summed E-state index contributed by atoms with van der Waals surface area (Å²) in [5, 5.41) is 13.6. The van der Waals surface area contributed by atoms with Crippen molar-refractivity contribution in [3.8, 4) is 5.75 Å². The highest BCUT2D eigenvalue weighted by atomic mass is 16.5. The molecule has 0 aromatic heterocycles. The summed E-state index contributed by atoms with van der Waals surface area (Å²) in [6, 6.07) is 4.38. The van der Waals surface area contributed by atoms with Crippen molar-refractivity contribution in [2.75, 3.05) is 6.54 Å². The van der Waals surface area contributed by atoms with Crippen LogP contribution in [0, 0.1) is 13.8 Å². The number of aryl methyl sites for hydroxylation is 2. The van der Waals surface area contributed by atoms with Crippen LogP contribution in [0.15, 0.2) is 12.1 Å². The van der Waals surface area contributed by atoms with Crippen LogP contribution >= 0.6 is 0 Å². The fourth-order valence-corrected chi connectivity index (χ4v) is 3.14. The van der Waals surface area contributed by atoms with E-state index in [0.717, 1.165) is 44.5 Å². The molecular weight excluding hydrogens is 262 g/mol. The minimum atomic E-state index is -0.326. The maximum absolute atomic E-state index is 10.2. The molecule has 0 saturated heterocycles. The number of benzene rings is 1. The fraction of sp³-hybridized carbons (Fsp3) is 0.667. The summed E-state index contributed by atoms with van der Waals surface area (Å²) in [6.45, 7) is 8.18. The van der Waals surface area contributed by atoms with Crippen LogP contribution in [-0.4, -0.2) is 23.9 Å². The number of rotatable bonds is 5. The van der Waals surface area contributed by atoms with Gasteiger partial charge in [-0.3, -0.25) is 0 Å². The standard InChI is InChI=1S/C18H29NO2/c1-4-19-12-15-10-13(2)18(14(3)11-15)21-17-9-7-5-6-8-16(17)20/h10-11,16-17,19-20H,4-9,12H2,1-3H3. The molecule has 1 aromatic carbocycles. The Morgan fingerprint density at radius 2 is 1.81 bits per heavy atom. The predicted molar refractivity (Wildman–Crippen MR) is 86.8 cm³/mol. The Morgan fingerprint density at radius 3 is 2.48 bits per heavy atom. The van der Waals surface area contributed by atoms with E-state index < -0.39 is 0 Å². The van der Waals surface area contributed by atoms with Gasteiger partial charge in [0.2, 0.25) is 0 Å². The molecule has 0 radical (unpaired) electrons. The van der Waals surface area contributed by atoms with E-state index in [9.17, 15) is 5.11 Å². The van der Waals surface area contributed by atoms with E-state index in [0.29, 0.717) is 0 Å². The monoisotopic (exact) mass is 291 g/mol. The molecule has 1 fully saturated rings. The van der Waals surface area contributed by atoms with E-state index in [2.05, 4.69) is 38.2 Å². The van der Waals surface area contributed by atoms with Gasteiger partial charge in [0.05, 0.1) is 6.10 Å². The molecule has 2 rings (SSSR count). The van der Waals surface area contributed by atoms with Crippen LogP contribution in [0.2, 0.25) is 0 Å². The van der Waals surface area contributed by atoms with Crippen molar-refractivity contribution in [2.45, 2.75) is 71.6 Å². The van der Waals surface area contributed by atoms with Gasteiger partial charge < -0.3 is 15.2 Å². The lowest BCUT2D eigenvalue weighted by Crippen LogP contribution is -2.31. The lowest BCUT2D eigenvalue weighted by molar-refractivity contribution is 0.0312. The topological polar surface area (TPSA) is 41.5 Å². The second kappa shape index (κ2) is 7.81. The third-order valence-corrected chi connectivity index (χ3v) is 4.29. The van der Waals surface area contributed by atoms with Crippen LogP contribution in [-0.2, 0) is 6.54 Å². The normalized spacial score (nSPS) is 22.9. The second-order valence-electron chi connectivity index (χ2n) is 6.20. The largest absolute Gasteiger partial charge is 0.487 e. The zero-order chi connectivity index (χ0) is 15.2. The Balaban J connectivity index is 2.11. The highest BCUT2D eigenvalue weighted by Crippen LogP contribution is 2.29. The van der Waals surface area contributed by atoms with Crippen molar-refractivity contribution >= 4 is 0 Å². The fourth-order valence-electron chi connectivity index (χ4n) is 3.14. The molecule has 0 bridgehead atoms. The van der Waals surface area contributed by atoms with Crippen LogP contribution in [0.1, 0.15) is 55.7 Å². The molecule has 1 aromatic rings. The molecule has 1 aliphatic rings. The Bertz CT molecular complexity index is 436. The summed E-state index contributed by atoms with van der Waals surface area (Å²) < 4.78 is 6.20. The van der Waals surface area contributed by atoms with Crippen molar-refractivity contribution in [2.24, 2.45) is 0 Å². The highest BCUT2D eigenvalue weighted by molar-refractivity contribution is 5.43. The van der Waals surface area contributed by atoms with E-state index in [1.165, 1.54) is 23.1 Å². The Labute approximate surface area is 128 Å². The van der Waals surface area contributed by atoms with E-state index in [4.69, 9.17) is 4.74 Å². The molecule has 3 nitrogen and oxygen atoms in total. The molecule has 0 spiro atoms. The molecule has 118 valence electrons. The summed E-state index contributed by atoms with van der Waals surface area (Å²) in [5.41, 5.74) is 3.62. The first kappa shape index (κ1) is 16.3. The van der Waals surface area contributed by atoms with E-state index in [-0.39, 0.29) is 12.2 Å². The first-order valence-corrected chi connectivity index (χ1v) is 8.27. The van der Waals surface area contributed by atoms with Gasteiger partial charge in [-0.25, -0.2) is 0 Å².